The molecule has 0 aliphatic rings. The van der Waals surface area contributed by atoms with Crippen molar-refractivity contribution in [2.75, 3.05) is 6.26 Å². The van der Waals surface area contributed by atoms with Gasteiger partial charge in [0.15, 0.2) is 9.84 Å². The summed E-state index contributed by atoms with van der Waals surface area (Å²) in [4.78, 5) is 10.6. The van der Waals surface area contributed by atoms with Gasteiger partial charge in [0.1, 0.15) is 0 Å². The summed E-state index contributed by atoms with van der Waals surface area (Å²) in [6.07, 6.45) is 0.973. The second-order valence-corrected chi connectivity index (χ2v) is 5.53. The van der Waals surface area contributed by atoms with E-state index in [2.05, 4.69) is 15.9 Å². The average molecular weight is 279 g/mol. The Bertz CT molecular complexity index is 478. The van der Waals surface area contributed by atoms with Crippen LogP contribution in [-0.4, -0.2) is 25.7 Å². The minimum atomic E-state index is -3.51. The highest BCUT2D eigenvalue weighted by Gasteiger charge is 2.20. The lowest BCUT2D eigenvalue weighted by Crippen LogP contribution is -2.08. The number of hydrogen-bond donors (Lipinski definition) is 1. The summed E-state index contributed by atoms with van der Waals surface area (Å²) in [5.41, 5.74) is -0.227. The zero-order valence-corrected chi connectivity index (χ0v) is 9.59. The first kappa shape index (κ1) is 11.2. The van der Waals surface area contributed by atoms with Gasteiger partial charge in [0.05, 0.1) is 10.5 Å². The number of rotatable bonds is 2. The van der Waals surface area contributed by atoms with Gasteiger partial charge in [-0.25, -0.2) is 13.2 Å². The summed E-state index contributed by atoms with van der Waals surface area (Å²) >= 11 is 2.99. The van der Waals surface area contributed by atoms with Crippen LogP contribution in [0.25, 0.3) is 0 Å². The van der Waals surface area contributed by atoms with Crippen molar-refractivity contribution in [1.82, 2.24) is 0 Å². The minimum absolute atomic E-state index is 0.181. The first-order valence-corrected chi connectivity index (χ1v) is 6.24. The highest BCUT2D eigenvalue weighted by molar-refractivity contribution is 9.10. The van der Waals surface area contributed by atoms with Crippen LogP contribution in [0.4, 0.5) is 0 Å². The van der Waals surface area contributed by atoms with Crippen LogP contribution in [-0.2, 0) is 9.84 Å². The molecule has 14 heavy (non-hydrogen) atoms. The largest absolute Gasteiger partial charge is 0.478 e. The minimum Gasteiger partial charge on any atom is -0.478 e. The Hall–Kier alpha value is -0.880. The Balaban J connectivity index is 3.61. The van der Waals surface area contributed by atoms with Gasteiger partial charge in [-0.05, 0) is 28.1 Å². The number of hydrogen-bond acceptors (Lipinski definition) is 3. The second-order valence-electron chi connectivity index (χ2n) is 2.69. The van der Waals surface area contributed by atoms with Gasteiger partial charge < -0.3 is 5.11 Å². The molecule has 0 saturated heterocycles. The molecular formula is C8H7BrO4S. The van der Waals surface area contributed by atoms with E-state index < -0.39 is 15.8 Å². The molecule has 0 heterocycles. The summed E-state index contributed by atoms with van der Waals surface area (Å²) < 4.78 is 22.7. The monoisotopic (exact) mass is 278 g/mol. The topological polar surface area (TPSA) is 71.4 Å². The Morgan fingerprint density at radius 2 is 2.00 bits per heavy atom. The predicted octanol–water partition coefficient (Wildman–Crippen LogP) is 1.55. The maximum Gasteiger partial charge on any atom is 0.338 e. The highest BCUT2D eigenvalue weighted by atomic mass is 79.9. The Kier molecular flexibility index (Phi) is 2.96. The summed E-state index contributed by atoms with van der Waals surface area (Å²) in [5.74, 6) is -1.27. The molecule has 6 heteroatoms. The van der Waals surface area contributed by atoms with Crippen LogP contribution in [0.1, 0.15) is 10.4 Å². The lowest BCUT2D eigenvalue weighted by molar-refractivity contribution is 0.0691. The number of carboxylic acids is 1. The Labute approximate surface area is 89.6 Å². The fourth-order valence-electron chi connectivity index (χ4n) is 1.02. The fraction of sp³-hybridized carbons (Fsp3) is 0.125. The SMILES string of the molecule is CS(=O)(=O)c1cccc(Br)c1C(=O)O. The van der Waals surface area contributed by atoms with E-state index in [4.69, 9.17) is 5.11 Å². The van der Waals surface area contributed by atoms with Crippen LogP contribution in [0, 0.1) is 0 Å². The van der Waals surface area contributed by atoms with Crippen molar-refractivity contribution in [3.05, 3.63) is 28.2 Å². The maximum atomic E-state index is 11.2. The molecule has 1 N–H and O–H groups in total. The van der Waals surface area contributed by atoms with Crippen LogP contribution in [0.15, 0.2) is 27.6 Å². The first-order valence-electron chi connectivity index (χ1n) is 3.56. The van der Waals surface area contributed by atoms with Crippen molar-refractivity contribution >= 4 is 31.7 Å². The summed E-state index contributed by atoms with van der Waals surface area (Å²) in [6.45, 7) is 0. The maximum absolute atomic E-state index is 11.2. The van der Waals surface area contributed by atoms with Crippen LogP contribution < -0.4 is 0 Å². The van der Waals surface area contributed by atoms with Gasteiger partial charge in [-0.2, -0.15) is 0 Å². The quantitative estimate of drug-likeness (QED) is 0.891. The number of halogens is 1. The van der Waals surface area contributed by atoms with E-state index in [0.29, 0.717) is 0 Å². The summed E-state index contributed by atoms with van der Waals surface area (Å²) in [5, 5.41) is 8.82. The van der Waals surface area contributed by atoms with Crippen LogP contribution >= 0.6 is 15.9 Å². The van der Waals surface area contributed by atoms with E-state index in [1.807, 2.05) is 0 Å². The molecule has 0 bridgehead atoms. The lowest BCUT2D eigenvalue weighted by atomic mass is 10.2. The molecule has 1 aromatic carbocycles. The molecule has 0 radical (unpaired) electrons. The molecule has 0 aliphatic carbocycles. The van der Waals surface area contributed by atoms with Crippen LogP contribution in [0.3, 0.4) is 0 Å². The molecule has 0 atom stereocenters. The van der Waals surface area contributed by atoms with E-state index in [9.17, 15) is 13.2 Å². The number of carbonyl (C=O) groups is 1. The normalized spacial score (nSPS) is 11.3. The molecule has 4 nitrogen and oxygen atoms in total. The van der Waals surface area contributed by atoms with Gasteiger partial charge in [0.2, 0.25) is 0 Å². The summed E-state index contributed by atoms with van der Waals surface area (Å²) in [6, 6.07) is 4.23. The van der Waals surface area contributed by atoms with E-state index in [1.54, 1.807) is 0 Å². The third-order valence-electron chi connectivity index (χ3n) is 1.59. The van der Waals surface area contributed by atoms with Gasteiger partial charge >= 0.3 is 5.97 Å². The van der Waals surface area contributed by atoms with Crippen molar-refractivity contribution in [3.63, 3.8) is 0 Å². The molecule has 1 aromatic rings. The fourth-order valence-corrected chi connectivity index (χ4v) is 2.58. The summed E-state index contributed by atoms with van der Waals surface area (Å²) in [7, 11) is -3.51. The number of benzene rings is 1. The van der Waals surface area contributed by atoms with Gasteiger partial charge in [-0.3, -0.25) is 0 Å². The van der Waals surface area contributed by atoms with E-state index in [1.165, 1.54) is 18.2 Å². The molecule has 76 valence electrons. The van der Waals surface area contributed by atoms with Crippen LogP contribution in [0.5, 0.6) is 0 Å². The molecular weight excluding hydrogens is 272 g/mol. The second kappa shape index (κ2) is 3.70. The first-order chi connectivity index (χ1) is 6.34. The van der Waals surface area contributed by atoms with Crippen molar-refractivity contribution < 1.29 is 18.3 Å². The molecule has 0 spiro atoms. The standard InChI is InChI=1S/C8H7BrO4S/c1-14(12,13)6-4-2-3-5(9)7(6)8(10)11/h2-4H,1H3,(H,10,11). The number of sulfone groups is 1. The zero-order chi connectivity index (χ0) is 10.9. The highest BCUT2D eigenvalue weighted by Crippen LogP contribution is 2.24. The van der Waals surface area contributed by atoms with E-state index in [-0.39, 0.29) is 14.9 Å². The van der Waals surface area contributed by atoms with Gasteiger partial charge in [0, 0.05) is 10.7 Å². The number of aromatic carboxylic acids is 1. The third-order valence-corrected chi connectivity index (χ3v) is 3.39. The molecule has 0 fully saturated rings. The van der Waals surface area contributed by atoms with Gasteiger partial charge in [0.25, 0.3) is 0 Å². The molecule has 0 unspecified atom stereocenters. The molecule has 1 rings (SSSR count). The van der Waals surface area contributed by atoms with Crippen molar-refractivity contribution in [3.8, 4) is 0 Å². The van der Waals surface area contributed by atoms with Crippen molar-refractivity contribution in [2.24, 2.45) is 0 Å². The van der Waals surface area contributed by atoms with Crippen molar-refractivity contribution in [2.45, 2.75) is 4.90 Å². The van der Waals surface area contributed by atoms with Crippen LogP contribution in [0.2, 0.25) is 0 Å². The molecule has 0 aliphatic heterocycles. The van der Waals surface area contributed by atoms with Gasteiger partial charge in [-0.15, -0.1) is 0 Å². The Morgan fingerprint density at radius 1 is 1.43 bits per heavy atom. The molecule has 0 saturated carbocycles. The third kappa shape index (κ3) is 2.13. The zero-order valence-electron chi connectivity index (χ0n) is 7.19. The van der Waals surface area contributed by atoms with E-state index >= 15 is 0 Å². The average Bonchev–Trinajstić information content (AvgIpc) is 2.01. The van der Waals surface area contributed by atoms with Crippen molar-refractivity contribution in [1.29, 1.82) is 0 Å². The Morgan fingerprint density at radius 3 is 2.36 bits per heavy atom. The number of carboxylic acid groups (broad SMARTS) is 1. The predicted molar refractivity (Wildman–Crippen MR) is 54.2 cm³/mol. The van der Waals surface area contributed by atoms with E-state index in [0.717, 1.165) is 6.26 Å². The molecule has 0 aromatic heterocycles. The molecule has 0 amide bonds. The smallest absolute Gasteiger partial charge is 0.338 e. The lowest BCUT2D eigenvalue weighted by Gasteiger charge is -2.04. The van der Waals surface area contributed by atoms with Gasteiger partial charge in [-0.1, -0.05) is 6.07 Å².